The molecule has 0 spiro atoms. The van der Waals surface area contributed by atoms with E-state index < -0.39 is 0 Å². The van der Waals surface area contributed by atoms with Crippen LogP contribution in [0.5, 0.6) is 0 Å². The molecule has 0 amide bonds. The highest BCUT2D eigenvalue weighted by Gasteiger charge is 2.41. The third kappa shape index (κ3) is 3.23. The molecular weight excluding hydrogens is 208 g/mol. The summed E-state index contributed by atoms with van der Waals surface area (Å²) in [6.07, 6.45) is 8.06. The van der Waals surface area contributed by atoms with Crippen LogP contribution in [0.25, 0.3) is 0 Å². The fraction of sp³-hybridized carbons (Fsp3) is 1.00. The summed E-state index contributed by atoms with van der Waals surface area (Å²) >= 11 is 0. The van der Waals surface area contributed by atoms with Gasteiger partial charge < -0.3 is 5.73 Å². The van der Waals surface area contributed by atoms with Gasteiger partial charge in [-0.15, -0.1) is 0 Å². The predicted octanol–water partition coefficient (Wildman–Crippen LogP) is 3.01. The third-order valence-corrected chi connectivity index (χ3v) is 4.64. The van der Waals surface area contributed by atoms with Crippen molar-refractivity contribution in [1.29, 1.82) is 0 Å². The monoisotopic (exact) mass is 238 g/mol. The standard InChI is InChI=1S/C15H30N2/c1-4-5-8-17(13-6-7-13)15-12(3)9-11(2)10-14(15)16/h11-15H,4-10,16H2,1-3H3. The van der Waals surface area contributed by atoms with Gasteiger partial charge in [-0.25, -0.2) is 0 Å². The molecule has 0 saturated heterocycles. The maximum Gasteiger partial charge on any atom is 0.0275 e. The van der Waals surface area contributed by atoms with E-state index in [-0.39, 0.29) is 0 Å². The van der Waals surface area contributed by atoms with Crippen molar-refractivity contribution in [3.05, 3.63) is 0 Å². The van der Waals surface area contributed by atoms with Gasteiger partial charge in [0.1, 0.15) is 0 Å². The Bertz CT molecular complexity index is 225. The van der Waals surface area contributed by atoms with Gasteiger partial charge in [0, 0.05) is 18.1 Å². The summed E-state index contributed by atoms with van der Waals surface area (Å²) in [5, 5.41) is 0. The molecule has 0 aromatic heterocycles. The summed E-state index contributed by atoms with van der Waals surface area (Å²) in [6, 6.07) is 1.94. The first kappa shape index (κ1) is 13.4. The van der Waals surface area contributed by atoms with Crippen molar-refractivity contribution in [3.8, 4) is 0 Å². The minimum Gasteiger partial charge on any atom is -0.326 e. The zero-order chi connectivity index (χ0) is 12.4. The van der Waals surface area contributed by atoms with Crippen LogP contribution >= 0.6 is 0 Å². The zero-order valence-electron chi connectivity index (χ0n) is 11.9. The van der Waals surface area contributed by atoms with Crippen molar-refractivity contribution in [1.82, 2.24) is 4.90 Å². The highest BCUT2D eigenvalue weighted by atomic mass is 15.2. The maximum absolute atomic E-state index is 6.46. The molecule has 2 aliphatic carbocycles. The predicted molar refractivity (Wildman–Crippen MR) is 74.0 cm³/mol. The van der Waals surface area contributed by atoms with Crippen LogP contribution in [0.2, 0.25) is 0 Å². The summed E-state index contributed by atoms with van der Waals surface area (Å²) in [6.45, 7) is 8.34. The summed E-state index contributed by atoms with van der Waals surface area (Å²) in [7, 11) is 0. The van der Waals surface area contributed by atoms with Crippen LogP contribution in [0, 0.1) is 11.8 Å². The topological polar surface area (TPSA) is 29.3 Å². The smallest absolute Gasteiger partial charge is 0.0275 e. The van der Waals surface area contributed by atoms with E-state index in [1.807, 2.05) is 0 Å². The van der Waals surface area contributed by atoms with Gasteiger partial charge in [-0.05, 0) is 50.5 Å². The molecule has 2 nitrogen and oxygen atoms in total. The van der Waals surface area contributed by atoms with E-state index in [0.717, 1.165) is 17.9 Å². The molecule has 0 heterocycles. The molecule has 0 radical (unpaired) electrons. The van der Waals surface area contributed by atoms with E-state index >= 15 is 0 Å². The van der Waals surface area contributed by atoms with Crippen molar-refractivity contribution in [3.63, 3.8) is 0 Å². The molecule has 0 aromatic carbocycles. The number of nitrogens with zero attached hydrogens (tertiary/aromatic N) is 1. The normalized spacial score (nSPS) is 38.6. The van der Waals surface area contributed by atoms with Crippen LogP contribution in [0.4, 0.5) is 0 Å². The highest BCUT2D eigenvalue weighted by molar-refractivity contribution is 4.97. The van der Waals surface area contributed by atoms with E-state index in [1.165, 1.54) is 45.1 Å². The van der Waals surface area contributed by atoms with Gasteiger partial charge in [-0.3, -0.25) is 4.90 Å². The first-order valence-electron chi connectivity index (χ1n) is 7.64. The van der Waals surface area contributed by atoms with Gasteiger partial charge >= 0.3 is 0 Å². The SMILES string of the molecule is CCCCN(C1CC1)C1C(C)CC(C)CC1N. The molecule has 2 aliphatic rings. The highest BCUT2D eigenvalue weighted by Crippen LogP contribution is 2.37. The fourth-order valence-corrected chi connectivity index (χ4v) is 3.79. The second kappa shape index (κ2) is 5.71. The lowest BCUT2D eigenvalue weighted by atomic mass is 9.76. The van der Waals surface area contributed by atoms with Gasteiger partial charge in [-0.2, -0.15) is 0 Å². The number of nitrogens with two attached hydrogens (primary N) is 1. The summed E-state index contributed by atoms with van der Waals surface area (Å²) in [5.41, 5.74) is 6.46. The van der Waals surface area contributed by atoms with Gasteiger partial charge in [-0.1, -0.05) is 27.2 Å². The maximum atomic E-state index is 6.46. The second-order valence-electron chi connectivity index (χ2n) is 6.53. The van der Waals surface area contributed by atoms with Crippen molar-refractivity contribution in [2.45, 2.75) is 77.4 Å². The van der Waals surface area contributed by atoms with Gasteiger partial charge in [0.15, 0.2) is 0 Å². The van der Waals surface area contributed by atoms with E-state index in [9.17, 15) is 0 Å². The van der Waals surface area contributed by atoms with Crippen LogP contribution in [-0.2, 0) is 0 Å². The summed E-state index contributed by atoms with van der Waals surface area (Å²) in [4.78, 5) is 2.77. The molecule has 0 aromatic rings. The minimum absolute atomic E-state index is 0.409. The largest absolute Gasteiger partial charge is 0.326 e. The first-order valence-corrected chi connectivity index (χ1v) is 7.64. The van der Waals surface area contributed by atoms with E-state index in [0.29, 0.717) is 12.1 Å². The zero-order valence-corrected chi connectivity index (χ0v) is 11.9. The quantitative estimate of drug-likeness (QED) is 0.798. The molecule has 0 bridgehead atoms. The molecule has 2 fully saturated rings. The Hall–Kier alpha value is -0.0800. The summed E-state index contributed by atoms with van der Waals surface area (Å²) in [5.74, 6) is 1.61. The van der Waals surface area contributed by atoms with Gasteiger partial charge in [0.2, 0.25) is 0 Å². The van der Waals surface area contributed by atoms with Crippen LogP contribution in [0.15, 0.2) is 0 Å². The van der Waals surface area contributed by atoms with Gasteiger partial charge in [0.05, 0.1) is 0 Å². The summed E-state index contributed by atoms with van der Waals surface area (Å²) < 4.78 is 0. The van der Waals surface area contributed by atoms with Crippen molar-refractivity contribution in [2.75, 3.05) is 6.54 Å². The second-order valence-corrected chi connectivity index (χ2v) is 6.53. The van der Waals surface area contributed by atoms with Crippen molar-refractivity contribution in [2.24, 2.45) is 17.6 Å². The number of hydrogen-bond acceptors (Lipinski definition) is 2. The molecule has 4 atom stereocenters. The molecule has 0 aliphatic heterocycles. The lowest BCUT2D eigenvalue weighted by Gasteiger charge is -2.44. The van der Waals surface area contributed by atoms with E-state index in [1.54, 1.807) is 0 Å². The van der Waals surface area contributed by atoms with Crippen LogP contribution in [0.3, 0.4) is 0 Å². The Labute approximate surface area is 107 Å². The molecule has 2 saturated carbocycles. The molecular formula is C15H30N2. The average molecular weight is 238 g/mol. The Morgan fingerprint density at radius 1 is 1.18 bits per heavy atom. The Balaban J connectivity index is 2.00. The first-order chi connectivity index (χ1) is 8.13. The molecule has 2 heteroatoms. The molecule has 17 heavy (non-hydrogen) atoms. The fourth-order valence-electron chi connectivity index (χ4n) is 3.79. The van der Waals surface area contributed by atoms with Crippen LogP contribution in [0.1, 0.15) is 59.3 Å². The number of rotatable bonds is 5. The van der Waals surface area contributed by atoms with E-state index in [2.05, 4.69) is 25.7 Å². The Kier molecular flexibility index (Phi) is 4.48. The van der Waals surface area contributed by atoms with Crippen molar-refractivity contribution >= 4 is 0 Å². The number of unbranched alkanes of at least 4 members (excludes halogenated alkanes) is 1. The molecule has 100 valence electrons. The Morgan fingerprint density at radius 2 is 1.88 bits per heavy atom. The van der Waals surface area contributed by atoms with E-state index in [4.69, 9.17) is 5.73 Å². The van der Waals surface area contributed by atoms with Crippen molar-refractivity contribution < 1.29 is 0 Å². The van der Waals surface area contributed by atoms with Crippen LogP contribution < -0.4 is 5.73 Å². The lowest BCUT2D eigenvalue weighted by molar-refractivity contribution is 0.0675. The van der Waals surface area contributed by atoms with Crippen LogP contribution in [-0.4, -0.2) is 29.6 Å². The third-order valence-electron chi connectivity index (χ3n) is 4.64. The molecule has 2 N–H and O–H groups in total. The number of hydrogen-bond donors (Lipinski definition) is 1. The Morgan fingerprint density at radius 3 is 2.41 bits per heavy atom. The average Bonchev–Trinajstić information content (AvgIpc) is 3.05. The lowest BCUT2D eigenvalue weighted by Crippen LogP contribution is -2.55. The minimum atomic E-state index is 0.409. The van der Waals surface area contributed by atoms with Gasteiger partial charge in [0.25, 0.3) is 0 Å². The molecule has 4 unspecified atom stereocenters. The molecule has 2 rings (SSSR count).